The minimum Gasteiger partial charge on any atom is -0.357 e. The van der Waals surface area contributed by atoms with Gasteiger partial charge in [-0.15, -0.1) is 10.2 Å². The molecule has 9 heteroatoms. The van der Waals surface area contributed by atoms with Crippen LogP contribution in [0.3, 0.4) is 0 Å². The van der Waals surface area contributed by atoms with E-state index in [0.717, 1.165) is 25.8 Å². The Bertz CT molecular complexity index is 514. The summed E-state index contributed by atoms with van der Waals surface area (Å²) >= 11 is 0. The van der Waals surface area contributed by atoms with Crippen molar-refractivity contribution in [3.05, 3.63) is 12.7 Å². The van der Waals surface area contributed by atoms with Crippen LogP contribution in [0.25, 0.3) is 0 Å². The van der Waals surface area contributed by atoms with Crippen molar-refractivity contribution in [1.29, 1.82) is 0 Å². The maximum Gasteiger partial charge on any atom is 0.391 e. The minimum atomic E-state index is -4.10. The zero-order valence-electron chi connectivity index (χ0n) is 14.6. The van der Waals surface area contributed by atoms with Gasteiger partial charge in [0.25, 0.3) is 0 Å². The summed E-state index contributed by atoms with van der Waals surface area (Å²) in [5, 5.41) is 13.8. The molecule has 2 unspecified atom stereocenters. The number of nitrogens with zero attached hydrogens (tertiary/aromatic N) is 4. The van der Waals surface area contributed by atoms with E-state index in [2.05, 4.69) is 25.8 Å². The van der Waals surface area contributed by atoms with Crippen molar-refractivity contribution in [3.8, 4) is 0 Å². The molecule has 6 nitrogen and oxygen atoms in total. The number of guanidine groups is 1. The maximum atomic E-state index is 12.9. The quantitative estimate of drug-likeness (QED) is 0.446. The summed E-state index contributed by atoms with van der Waals surface area (Å²) in [6, 6.07) is -0.171. The van der Waals surface area contributed by atoms with Crippen LogP contribution in [0, 0.1) is 5.92 Å². The summed E-state index contributed by atoms with van der Waals surface area (Å²) in [6.07, 6.45) is 2.80. The first-order valence-electron chi connectivity index (χ1n) is 8.93. The standard InChI is InChI=1S/C16H27F3N6/c1-2-20-15(21-8-3-4-9-25-11-22-23-12-25)24-14-7-5-6-13(10-14)16(17,18)19/h11-14H,2-10H2,1H3,(H2,20,21,24). The predicted octanol–water partition coefficient (Wildman–Crippen LogP) is 2.73. The Balaban J connectivity index is 1.76. The summed E-state index contributed by atoms with van der Waals surface area (Å²) in [5.41, 5.74) is 0. The van der Waals surface area contributed by atoms with E-state index in [1.54, 1.807) is 12.7 Å². The highest BCUT2D eigenvalue weighted by molar-refractivity contribution is 5.80. The number of unbranched alkanes of at least 4 members (excludes halogenated alkanes) is 1. The summed E-state index contributed by atoms with van der Waals surface area (Å²) in [6.45, 7) is 4.10. The number of halogens is 3. The Kier molecular flexibility index (Phi) is 7.52. The third-order valence-electron chi connectivity index (χ3n) is 4.38. The van der Waals surface area contributed by atoms with Gasteiger partial charge in [-0.1, -0.05) is 6.42 Å². The van der Waals surface area contributed by atoms with Crippen LogP contribution in [-0.4, -0.2) is 46.0 Å². The van der Waals surface area contributed by atoms with Crippen molar-refractivity contribution in [3.63, 3.8) is 0 Å². The van der Waals surface area contributed by atoms with E-state index in [1.165, 1.54) is 0 Å². The number of aromatic nitrogens is 3. The van der Waals surface area contributed by atoms with E-state index < -0.39 is 12.1 Å². The maximum absolute atomic E-state index is 12.9. The number of hydrogen-bond donors (Lipinski definition) is 2. The van der Waals surface area contributed by atoms with Gasteiger partial charge in [0, 0.05) is 25.7 Å². The van der Waals surface area contributed by atoms with E-state index >= 15 is 0 Å². The van der Waals surface area contributed by atoms with E-state index in [1.807, 2.05) is 11.5 Å². The number of nitrogens with one attached hydrogen (secondary N) is 2. The molecule has 2 atom stereocenters. The fourth-order valence-electron chi connectivity index (χ4n) is 3.07. The van der Waals surface area contributed by atoms with Gasteiger partial charge in [-0.2, -0.15) is 13.2 Å². The van der Waals surface area contributed by atoms with Gasteiger partial charge >= 0.3 is 6.18 Å². The van der Waals surface area contributed by atoms with Crippen molar-refractivity contribution in [1.82, 2.24) is 25.4 Å². The van der Waals surface area contributed by atoms with Crippen molar-refractivity contribution in [2.24, 2.45) is 10.9 Å². The molecule has 2 N–H and O–H groups in total. The van der Waals surface area contributed by atoms with Crippen LogP contribution in [0.1, 0.15) is 45.4 Å². The van der Waals surface area contributed by atoms with Crippen LogP contribution in [0.15, 0.2) is 17.6 Å². The smallest absolute Gasteiger partial charge is 0.357 e. The van der Waals surface area contributed by atoms with Gasteiger partial charge in [-0.3, -0.25) is 4.99 Å². The van der Waals surface area contributed by atoms with Crippen molar-refractivity contribution in [2.75, 3.05) is 13.1 Å². The average molecular weight is 360 g/mol. The molecule has 1 aliphatic carbocycles. The first kappa shape index (κ1) is 19.5. The molecule has 0 bridgehead atoms. The highest BCUT2D eigenvalue weighted by Gasteiger charge is 2.42. The first-order chi connectivity index (χ1) is 12.0. The Morgan fingerprint density at radius 2 is 2.00 bits per heavy atom. The molecule has 1 aromatic heterocycles. The third kappa shape index (κ3) is 6.91. The molecule has 142 valence electrons. The molecule has 0 saturated heterocycles. The first-order valence-corrected chi connectivity index (χ1v) is 8.93. The number of hydrogen-bond acceptors (Lipinski definition) is 3. The lowest BCUT2D eigenvalue weighted by Crippen LogP contribution is -2.46. The van der Waals surface area contributed by atoms with Crippen LogP contribution in [0.2, 0.25) is 0 Å². The summed E-state index contributed by atoms with van der Waals surface area (Å²) < 4.78 is 40.7. The molecule has 1 fully saturated rings. The van der Waals surface area contributed by atoms with Gasteiger partial charge in [0.2, 0.25) is 0 Å². The van der Waals surface area contributed by atoms with Gasteiger partial charge in [-0.25, -0.2) is 0 Å². The van der Waals surface area contributed by atoms with Crippen molar-refractivity contribution >= 4 is 5.96 Å². The Morgan fingerprint density at radius 1 is 1.24 bits per heavy atom. The average Bonchev–Trinajstić information content (AvgIpc) is 3.07. The fraction of sp³-hybridized carbons (Fsp3) is 0.812. The van der Waals surface area contributed by atoms with Gasteiger partial charge in [0.15, 0.2) is 5.96 Å². The second-order valence-electron chi connectivity index (χ2n) is 6.41. The number of aliphatic imine (C=N–C) groups is 1. The van der Waals surface area contributed by atoms with Crippen molar-refractivity contribution < 1.29 is 13.2 Å². The van der Waals surface area contributed by atoms with E-state index in [0.29, 0.717) is 25.5 Å². The van der Waals surface area contributed by atoms with Crippen LogP contribution in [0.5, 0.6) is 0 Å². The van der Waals surface area contributed by atoms with E-state index in [-0.39, 0.29) is 18.9 Å². The highest BCUT2D eigenvalue weighted by Crippen LogP contribution is 2.37. The van der Waals surface area contributed by atoms with Gasteiger partial charge in [-0.05, 0) is 39.0 Å². The molecule has 0 amide bonds. The fourth-order valence-corrected chi connectivity index (χ4v) is 3.07. The normalized spacial score (nSPS) is 22.0. The largest absolute Gasteiger partial charge is 0.391 e. The minimum absolute atomic E-state index is 0.127. The molecule has 0 aliphatic heterocycles. The van der Waals surface area contributed by atoms with Crippen molar-refractivity contribution in [2.45, 2.75) is 64.2 Å². The Hall–Kier alpha value is -1.80. The molecule has 0 spiro atoms. The second-order valence-corrected chi connectivity index (χ2v) is 6.41. The lowest BCUT2D eigenvalue weighted by atomic mass is 9.85. The highest BCUT2D eigenvalue weighted by atomic mass is 19.4. The monoisotopic (exact) mass is 360 g/mol. The van der Waals surface area contributed by atoms with Gasteiger partial charge < -0.3 is 15.2 Å². The SMILES string of the molecule is CCNC(=NCCCCn1cnnc1)NC1CCCC(C(F)(F)F)C1. The van der Waals surface area contributed by atoms with Gasteiger partial charge in [0.05, 0.1) is 5.92 Å². The van der Waals surface area contributed by atoms with Crippen LogP contribution >= 0.6 is 0 Å². The zero-order valence-corrected chi connectivity index (χ0v) is 14.6. The molecule has 0 radical (unpaired) electrons. The molecule has 2 rings (SSSR count). The molecule has 1 aromatic rings. The molecule has 0 aromatic carbocycles. The summed E-state index contributed by atoms with van der Waals surface area (Å²) in [4.78, 5) is 4.49. The molecule has 1 heterocycles. The van der Waals surface area contributed by atoms with Crippen LogP contribution < -0.4 is 10.6 Å². The number of rotatable bonds is 7. The number of aryl methyl sites for hydroxylation is 1. The Labute approximate surface area is 146 Å². The lowest BCUT2D eigenvalue weighted by Gasteiger charge is -2.31. The third-order valence-corrected chi connectivity index (χ3v) is 4.38. The number of alkyl halides is 3. The molecular formula is C16H27F3N6. The summed E-state index contributed by atoms with van der Waals surface area (Å²) in [5.74, 6) is -0.593. The molecule has 25 heavy (non-hydrogen) atoms. The second kappa shape index (κ2) is 9.62. The van der Waals surface area contributed by atoms with E-state index in [4.69, 9.17) is 0 Å². The van der Waals surface area contributed by atoms with Gasteiger partial charge in [0.1, 0.15) is 12.7 Å². The summed E-state index contributed by atoms with van der Waals surface area (Å²) in [7, 11) is 0. The molecule has 1 aliphatic rings. The topological polar surface area (TPSA) is 67.1 Å². The van der Waals surface area contributed by atoms with Crippen LogP contribution in [0.4, 0.5) is 13.2 Å². The zero-order chi connectivity index (χ0) is 18.1. The predicted molar refractivity (Wildman–Crippen MR) is 90.2 cm³/mol. The molecular weight excluding hydrogens is 333 g/mol. The lowest BCUT2D eigenvalue weighted by molar-refractivity contribution is -0.183. The van der Waals surface area contributed by atoms with Crippen LogP contribution in [-0.2, 0) is 6.54 Å². The Morgan fingerprint density at radius 3 is 2.68 bits per heavy atom. The molecule has 1 saturated carbocycles. The van der Waals surface area contributed by atoms with E-state index in [9.17, 15) is 13.2 Å².